The van der Waals surface area contributed by atoms with Gasteiger partial charge in [0.05, 0.1) is 30.7 Å². The zero-order chi connectivity index (χ0) is 14.5. The third kappa shape index (κ3) is 3.50. The Kier molecular flexibility index (Phi) is 4.61. The highest BCUT2D eigenvalue weighted by Crippen LogP contribution is 2.24. The van der Waals surface area contributed by atoms with Crippen molar-refractivity contribution in [2.75, 3.05) is 19.8 Å². The second kappa shape index (κ2) is 6.42. The van der Waals surface area contributed by atoms with E-state index in [1.807, 2.05) is 0 Å². The van der Waals surface area contributed by atoms with Gasteiger partial charge in [0.1, 0.15) is 0 Å². The van der Waals surface area contributed by atoms with E-state index >= 15 is 0 Å². The molecule has 0 aromatic heterocycles. The van der Waals surface area contributed by atoms with Crippen molar-refractivity contribution in [3.8, 4) is 0 Å². The van der Waals surface area contributed by atoms with Crippen molar-refractivity contribution < 1.29 is 19.2 Å². The van der Waals surface area contributed by atoms with Crippen LogP contribution in [0.25, 0.3) is 0 Å². The van der Waals surface area contributed by atoms with Gasteiger partial charge in [0.25, 0.3) is 5.69 Å². The molecular weight excluding hydrogens is 266 g/mol. The van der Waals surface area contributed by atoms with Gasteiger partial charge in [-0.25, -0.2) is 0 Å². The number of carbonyl (C=O) groups excluding carboxylic acids is 1. The molecule has 8 heteroatoms. The van der Waals surface area contributed by atoms with E-state index in [1.165, 1.54) is 12.1 Å². The van der Waals surface area contributed by atoms with E-state index < -0.39 is 11.2 Å². The van der Waals surface area contributed by atoms with E-state index in [0.29, 0.717) is 18.8 Å². The molecule has 1 aliphatic heterocycles. The summed E-state index contributed by atoms with van der Waals surface area (Å²) in [6.45, 7) is 0.517. The molecule has 0 saturated carbocycles. The molecule has 1 aromatic carbocycles. The van der Waals surface area contributed by atoms with Crippen LogP contribution >= 0.6 is 0 Å². The molecule has 0 radical (unpaired) electrons. The van der Waals surface area contributed by atoms with Gasteiger partial charge in [-0.1, -0.05) is 0 Å². The Morgan fingerprint density at radius 3 is 2.45 bits per heavy atom. The zero-order valence-corrected chi connectivity index (χ0v) is 10.7. The van der Waals surface area contributed by atoms with Crippen LogP contribution in [0.5, 0.6) is 0 Å². The van der Waals surface area contributed by atoms with Gasteiger partial charge in [0.2, 0.25) is 5.91 Å². The number of rotatable bonds is 4. The smallest absolute Gasteiger partial charge is 0.269 e. The minimum Gasteiger partial charge on any atom is -0.348 e. The number of hydrogen-bond donors (Lipinski definition) is 2. The number of nitrogens with two attached hydrogens (primary N) is 1. The molecule has 1 amide bonds. The van der Waals surface area contributed by atoms with E-state index in [4.69, 9.17) is 15.2 Å². The first-order chi connectivity index (χ1) is 9.60. The molecule has 2 rings (SSSR count). The average molecular weight is 281 g/mol. The number of nitro groups is 1. The summed E-state index contributed by atoms with van der Waals surface area (Å²) in [6.07, 6.45) is -0.582. The van der Waals surface area contributed by atoms with Crippen LogP contribution in [0.3, 0.4) is 0 Å². The van der Waals surface area contributed by atoms with Crippen molar-refractivity contribution in [1.82, 2.24) is 5.32 Å². The summed E-state index contributed by atoms with van der Waals surface area (Å²) in [5.74, 6) is -0.268. The highest BCUT2D eigenvalue weighted by molar-refractivity contribution is 5.78. The molecule has 8 nitrogen and oxygen atoms in total. The van der Waals surface area contributed by atoms with Crippen molar-refractivity contribution >= 4 is 11.6 Å². The lowest BCUT2D eigenvalue weighted by Crippen LogP contribution is -2.47. The molecule has 0 aliphatic carbocycles. The topological polar surface area (TPSA) is 117 Å². The fraction of sp³-hybridized carbons (Fsp3) is 0.417. The van der Waals surface area contributed by atoms with Gasteiger partial charge < -0.3 is 20.5 Å². The maximum absolute atomic E-state index is 11.1. The molecule has 0 bridgehead atoms. The van der Waals surface area contributed by atoms with E-state index in [-0.39, 0.29) is 24.2 Å². The number of nitrogens with one attached hydrogen (secondary N) is 1. The molecule has 0 atom stereocenters. The quantitative estimate of drug-likeness (QED) is 0.596. The van der Waals surface area contributed by atoms with Crippen LogP contribution in [0.15, 0.2) is 24.3 Å². The Bertz CT molecular complexity index is 482. The molecule has 1 heterocycles. The second-order valence-corrected chi connectivity index (χ2v) is 4.32. The minimum absolute atomic E-state index is 0.0117. The number of benzene rings is 1. The molecular formula is C12H15N3O5. The summed E-state index contributed by atoms with van der Waals surface area (Å²) in [5.41, 5.74) is 5.90. The monoisotopic (exact) mass is 281 g/mol. The van der Waals surface area contributed by atoms with Crippen molar-refractivity contribution in [2.45, 2.75) is 12.3 Å². The van der Waals surface area contributed by atoms with E-state index in [1.54, 1.807) is 12.1 Å². The first-order valence-electron chi connectivity index (χ1n) is 6.07. The number of ether oxygens (including phenoxy) is 2. The molecule has 108 valence electrons. The summed E-state index contributed by atoms with van der Waals surface area (Å²) in [4.78, 5) is 21.2. The second-order valence-electron chi connectivity index (χ2n) is 4.32. The predicted octanol–water partition coefficient (Wildman–Crippen LogP) is 0.0837. The van der Waals surface area contributed by atoms with Gasteiger partial charge in [0.15, 0.2) is 6.29 Å². The van der Waals surface area contributed by atoms with Crippen LogP contribution in [0.2, 0.25) is 0 Å². The van der Waals surface area contributed by atoms with Gasteiger partial charge in [-0.2, -0.15) is 0 Å². The minimum atomic E-state index is -0.582. The summed E-state index contributed by atoms with van der Waals surface area (Å²) >= 11 is 0. The number of non-ortho nitro benzene ring substituents is 1. The van der Waals surface area contributed by atoms with Crippen LogP contribution in [0.4, 0.5) is 5.69 Å². The highest BCUT2D eigenvalue weighted by Gasteiger charge is 2.24. The van der Waals surface area contributed by atoms with Gasteiger partial charge in [-0.15, -0.1) is 0 Å². The third-order valence-electron chi connectivity index (χ3n) is 2.82. The van der Waals surface area contributed by atoms with Crippen LogP contribution in [0.1, 0.15) is 11.9 Å². The predicted molar refractivity (Wildman–Crippen MR) is 68.7 cm³/mol. The molecule has 1 saturated heterocycles. The fourth-order valence-corrected chi connectivity index (χ4v) is 1.82. The highest BCUT2D eigenvalue weighted by atomic mass is 16.7. The summed E-state index contributed by atoms with van der Waals surface area (Å²) < 4.78 is 10.9. The van der Waals surface area contributed by atoms with Crippen molar-refractivity contribution in [3.63, 3.8) is 0 Å². The standard InChI is InChI=1S/C12H15N3O5/c13-5-11(16)14-9-6-19-12(20-7-9)8-1-3-10(4-2-8)15(17)18/h1-4,9,12H,5-7,13H2,(H,14,16). The van der Waals surface area contributed by atoms with Gasteiger partial charge in [-0.3, -0.25) is 14.9 Å². The number of nitrogens with zero attached hydrogens (tertiary/aromatic N) is 1. The molecule has 0 unspecified atom stereocenters. The molecule has 1 aromatic rings. The number of nitro benzene ring substituents is 1. The van der Waals surface area contributed by atoms with Crippen molar-refractivity contribution in [2.24, 2.45) is 5.73 Å². The van der Waals surface area contributed by atoms with Gasteiger partial charge >= 0.3 is 0 Å². The molecule has 20 heavy (non-hydrogen) atoms. The Hall–Kier alpha value is -2.03. The van der Waals surface area contributed by atoms with Crippen LogP contribution in [0, 0.1) is 10.1 Å². The zero-order valence-electron chi connectivity index (χ0n) is 10.7. The molecule has 0 spiro atoms. The van der Waals surface area contributed by atoms with E-state index in [0.717, 1.165) is 0 Å². The van der Waals surface area contributed by atoms with Gasteiger partial charge in [-0.05, 0) is 12.1 Å². The van der Waals surface area contributed by atoms with E-state index in [9.17, 15) is 14.9 Å². The van der Waals surface area contributed by atoms with Crippen molar-refractivity contribution in [1.29, 1.82) is 0 Å². The van der Waals surface area contributed by atoms with E-state index in [2.05, 4.69) is 5.32 Å². The van der Waals surface area contributed by atoms with Crippen molar-refractivity contribution in [3.05, 3.63) is 39.9 Å². The molecule has 3 N–H and O–H groups in total. The largest absolute Gasteiger partial charge is 0.348 e. The van der Waals surface area contributed by atoms with Crippen LogP contribution < -0.4 is 11.1 Å². The summed E-state index contributed by atoms with van der Waals surface area (Å²) in [5, 5.41) is 13.2. The fourth-order valence-electron chi connectivity index (χ4n) is 1.82. The lowest BCUT2D eigenvalue weighted by atomic mass is 10.2. The number of carbonyl (C=O) groups is 1. The Morgan fingerprint density at radius 2 is 1.95 bits per heavy atom. The lowest BCUT2D eigenvalue weighted by molar-refractivity contribution is -0.384. The van der Waals surface area contributed by atoms with Crippen LogP contribution in [-0.4, -0.2) is 36.6 Å². The maximum atomic E-state index is 11.1. The third-order valence-corrected chi connectivity index (χ3v) is 2.82. The molecule has 1 aliphatic rings. The van der Waals surface area contributed by atoms with Gasteiger partial charge in [0, 0.05) is 17.7 Å². The Labute approximate surface area is 115 Å². The van der Waals surface area contributed by atoms with Crippen LogP contribution in [-0.2, 0) is 14.3 Å². The Morgan fingerprint density at radius 1 is 1.35 bits per heavy atom. The number of amides is 1. The summed E-state index contributed by atoms with van der Waals surface area (Å²) in [6, 6.07) is 5.72. The SMILES string of the molecule is NCC(=O)NC1COC(c2ccc([N+](=O)[O-])cc2)OC1. The number of hydrogen-bond acceptors (Lipinski definition) is 6. The first-order valence-corrected chi connectivity index (χ1v) is 6.07. The first kappa shape index (κ1) is 14.4. The maximum Gasteiger partial charge on any atom is 0.269 e. The normalized spacial score (nSPS) is 22.2. The molecule has 1 fully saturated rings. The lowest BCUT2D eigenvalue weighted by Gasteiger charge is -2.29. The summed E-state index contributed by atoms with van der Waals surface area (Å²) in [7, 11) is 0. The average Bonchev–Trinajstić information content (AvgIpc) is 2.48. The Balaban J connectivity index is 1.90.